The Morgan fingerprint density at radius 3 is 2.93 bits per heavy atom. The Labute approximate surface area is 85.6 Å². The number of methoxy groups -OCH3 is 1. The van der Waals surface area contributed by atoms with Gasteiger partial charge in [-0.3, -0.25) is 4.79 Å². The summed E-state index contributed by atoms with van der Waals surface area (Å²) >= 11 is 5.95. The number of nitrogens with one attached hydrogen (secondary N) is 1. The zero-order chi connectivity index (χ0) is 10.1. The molecule has 0 bridgehead atoms. The Balaban J connectivity index is 2.86. The second-order valence-electron chi connectivity index (χ2n) is 2.85. The number of hydrogen-bond acceptors (Lipinski definition) is 2. The van der Waals surface area contributed by atoms with Crippen LogP contribution in [0.1, 0.15) is 10.4 Å². The first-order valence-electron chi connectivity index (χ1n) is 4.07. The van der Waals surface area contributed by atoms with Crippen molar-refractivity contribution in [3.63, 3.8) is 0 Å². The summed E-state index contributed by atoms with van der Waals surface area (Å²) in [5, 5.41) is 1.36. The molecule has 1 N–H and O–H groups in total. The molecule has 0 spiro atoms. The van der Waals surface area contributed by atoms with Gasteiger partial charge in [-0.1, -0.05) is 23.7 Å². The molecule has 0 aliphatic carbocycles. The maximum Gasteiger partial charge on any atom is 0.202 e. The van der Waals surface area contributed by atoms with E-state index in [1.807, 2.05) is 6.07 Å². The van der Waals surface area contributed by atoms with Crippen molar-refractivity contribution >= 4 is 28.8 Å². The number of halogens is 1. The smallest absolute Gasteiger partial charge is 0.202 e. The molecule has 4 heteroatoms. The van der Waals surface area contributed by atoms with Crippen LogP contribution in [0.4, 0.5) is 0 Å². The summed E-state index contributed by atoms with van der Waals surface area (Å²) in [6.45, 7) is 0. The SMILES string of the molecule is COc1[nH]c2c(Cl)cccc2c1C=O. The van der Waals surface area contributed by atoms with Crippen molar-refractivity contribution in [2.75, 3.05) is 7.11 Å². The van der Waals surface area contributed by atoms with Crippen LogP contribution in [0.5, 0.6) is 5.88 Å². The van der Waals surface area contributed by atoms with Gasteiger partial charge >= 0.3 is 0 Å². The average Bonchev–Trinajstić information content (AvgIpc) is 2.57. The molecule has 1 aromatic carbocycles. The second kappa shape index (κ2) is 3.35. The summed E-state index contributed by atoms with van der Waals surface area (Å²) in [4.78, 5) is 13.8. The molecule has 0 aliphatic heterocycles. The fourth-order valence-electron chi connectivity index (χ4n) is 1.46. The zero-order valence-electron chi connectivity index (χ0n) is 7.50. The Hall–Kier alpha value is -1.48. The number of aromatic nitrogens is 1. The molecule has 72 valence electrons. The van der Waals surface area contributed by atoms with Gasteiger partial charge < -0.3 is 9.72 Å². The van der Waals surface area contributed by atoms with Crippen molar-refractivity contribution in [2.45, 2.75) is 0 Å². The molecule has 0 aliphatic rings. The molecule has 2 rings (SSSR count). The van der Waals surface area contributed by atoms with Gasteiger partial charge in [-0.2, -0.15) is 0 Å². The molecular weight excluding hydrogens is 202 g/mol. The fourth-order valence-corrected chi connectivity index (χ4v) is 1.68. The van der Waals surface area contributed by atoms with E-state index in [1.54, 1.807) is 12.1 Å². The molecular formula is C10H8ClNO2. The number of carbonyl (C=O) groups excluding carboxylic acids is 1. The van der Waals surface area contributed by atoms with E-state index in [9.17, 15) is 4.79 Å². The van der Waals surface area contributed by atoms with Crippen LogP contribution in [0.2, 0.25) is 5.02 Å². The Bertz CT molecular complexity index is 490. The summed E-state index contributed by atoms with van der Waals surface area (Å²) in [6, 6.07) is 5.38. The van der Waals surface area contributed by atoms with Crippen LogP contribution in [0.3, 0.4) is 0 Å². The van der Waals surface area contributed by atoms with E-state index >= 15 is 0 Å². The second-order valence-corrected chi connectivity index (χ2v) is 3.26. The van der Waals surface area contributed by atoms with Crippen molar-refractivity contribution in [1.82, 2.24) is 4.98 Å². The number of ether oxygens (including phenoxy) is 1. The number of rotatable bonds is 2. The predicted octanol–water partition coefficient (Wildman–Crippen LogP) is 2.64. The van der Waals surface area contributed by atoms with Crippen LogP contribution in [-0.2, 0) is 0 Å². The minimum Gasteiger partial charge on any atom is -0.482 e. The quantitative estimate of drug-likeness (QED) is 0.773. The van der Waals surface area contributed by atoms with Crippen molar-refractivity contribution in [3.05, 3.63) is 28.8 Å². The van der Waals surface area contributed by atoms with Gasteiger partial charge in [-0.25, -0.2) is 0 Å². The van der Waals surface area contributed by atoms with Gasteiger partial charge in [-0.05, 0) is 6.07 Å². The van der Waals surface area contributed by atoms with Gasteiger partial charge in [0.1, 0.15) is 0 Å². The van der Waals surface area contributed by atoms with Crippen molar-refractivity contribution in [3.8, 4) is 5.88 Å². The van der Waals surface area contributed by atoms with Crippen LogP contribution >= 0.6 is 11.6 Å². The van der Waals surface area contributed by atoms with Crippen LogP contribution in [0.15, 0.2) is 18.2 Å². The predicted molar refractivity (Wildman–Crippen MR) is 55.2 cm³/mol. The number of H-pyrrole nitrogens is 1. The molecule has 0 unspecified atom stereocenters. The summed E-state index contributed by atoms with van der Waals surface area (Å²) < 4.78 is 5.03. The first kappa shape index (κ1) is 9.09. The lowest BCUT2D eigenvalue weighted by molar-refractivity contribution is 0.112. The number of aldehydes is 1. The molecule has 3 nitrogen and oxygen atoms in total. The van der Waals surface area contributed by atoms with Gasteiger partial charge in [0.05, 0.1) is 23.2 Å². The van der Waals surface area contributed by atoms with Crippen molar-refractivity contribution in [1.29, 1.82) is 0 Å². The average molecular weight is 210 g/mol. The normalized spacial score (nSPS) is 10.4. The Kier molecular flexibility index (Phi) is 2.17. The molecule has 1 heterocycles. The van der Waals surface area contributed by atoms with Gasteiger partial charge in [0.15, 0.2) is 6.29 Å². The summed E-state index contributed by atoms with van der Waals surface area (Å²) in [6.07, 6.45) is 0.758. The molecule has 0 saturated carbocycles. The van der Waals surface area contributed by atoms with E-state index in [1.165, 1.54) is 7.11 Å². The Morgan fingerprint density at radius 1 is 1.50 bits per heavy atom. The van der Waals surface area contributed by atoms with Crippen molar-refractivity contribution < 1.29 is 9.53 Å². The first-order chi connectivity index (χ1) is 6.77. The van der Waals surface area contributed by atoms with E-state index in [4.69, 9.17) is 16.3 Å². The van der Waals surface area contributed by atoms with Crippen LogP contribution < -0.4 is 4.74 Å². The standard InChI is InChI=1S/C10H8ClNO2/c1-14-10-7(5-13)6-3-2-4-8(11)9(6)12-10/h2-5,12H,1H3. The lowest BCUT2D eigenvalue weighted by Crippen LogP contribution is -1.86. The number of para-hydroxylation sites is 1. The molecule has 0 amide bonds. The third-order valence-electron chi connectivity index (χ3n) is 2.11. The summed E-state index contributed by atoms with van der Waals surface area (Å²) in [5.41, 5.74) is 1.23. The maximum absolute atomic E-state index is 10.8. The first-order valence-corrected chi connectivity index (χ1v) is 4.45. The molecule has 0 fully saturated rings. The number of aromatic amines is 1. The van der Waals surface area contributed by atoms with E-state index in [2.05, 4.69) is 4.98 Å². The van der Waals surface area contributed by atoms with Gasteiger partial charge in [0, 0.05) is 5.39 Å². The summed E-state index contributed by atoms with van der Waals surface area (Å²) in [7, 11) is 1.51. The highest BCUT2D eigenvalue weighted by Gasteiger charge is 2.12. The molecule has 1 aromatic heterocycles. The maximum atomic E-state index is 10.8. The lowest BCUT2D eigenvalue weighted by Gasteiger charge is -1.93. The topological polar surface area (TPSA) is 42.1 Å². The highest BCUT2D eigenvalue weighted by Crippen LogP contribution is 2.30. The third kappa shape index (κ3) is 1.17. The largest absolute Gasteiger partial charge is 0.482 e. The van der Waals surface area contributed by atoms with E-state index < -0.39 is 0 Å². The van der Waals surface area contributed by atoms with Crippen LogP contribution in [0.25, 0.3) is 10.9 Å². The Morgan fingerprint density at radius 2 is 2.29 bits per heavy atom. The fraction of sp³-hybridized carbons (Fsp3) is 0.100. The number of carbonyl (C=O) groups is 1. The highest BCUT2D eigenvalue weighted by atomic mass is 35.5. The van der Waals surface area contributed by atoms with Crippen LogP contribution in [0, 0.1) is 0 Å². The van der Waals surface area contributed by atoms with Gasteiger partial charge in [0.25, 0.3) is 0 Å². The third-order valence-corrected chi connectivity index (χ3v) is 2.42. The molecule has 0 saturated heterocycles. The van der Waals surface area contributed by atoms with Gasteiger partial charge in [-0.15, -0.1) is 0 Å². The van der Waals surface area contributed by atoms with Crippen molar-refractivity contribution in [2.24, 2.45) is 0 Å². The van der Waals surface area contributed by atoms with Gasteiger partial charge in [0.2, 0.25) is 5.88 Å². The molecule has 0 radical (unpaired) electrons. The van der Waals surface area contributed by atoms with E-state index in [0.717, 1.165) is 17.2 Å². The number of benzene rings is 1. The zero-order valence-corrected chi connectivity index (χ0v) is 8.26. The number of hydrogen-bond donors (Lipinski definition) is 1. The molecule has 0 atom stereocenters. The van der Waals surface area contributed by atoms with Crippen LogP contribution in [-0.4, -0.2) is 18.4 Å². The minimum atomic E-state index is 0.447. The minimum absolute atomic E-state index is 0.447. The number of fused-ring (bicyclic) bond motifs is 1. The summed E-state index contributed by atoms with van der Waals surface area (Å²) in [5.74, 6) is 0.447. The lowest BCUT2D eigenvalue weighted by atomic mass is 10.2. The van der Waals surface area contributed by atoms with E-state index in [0.29, 0.717) is 16.5 Å². The molecule has 14 heavy (non-hydrogen) atoms. The van der Waals surface area contributed by atoms with E-state index in [-0.39, 0.29) is 0 Å². The highest BCUT2D eigenvalue weighted by molar-refractivity contribution is 6.35. The molecule has 2 aromatic rings. The monoisotopic (exact) mass is 209 g/mol.